The molecule has 3 rings (SSSR count). The smallest absolute Gasteiger partial charge is 0.264 e. The van der Waals surface area contributed by atoms with Crippen molar-refractivity contribution in [2.45, 2.75) is 11.6 Å². The number of carbonyl (C=O) groups excluding carboxylic acids is 1. The Kier molecular flexibility index (Phi) is 5.45. The van der Waals surface area contributed by atoms with Gasteiger partial charge in [0.1, 0.15) is 6.04 Å². The average Bonchev–Trinajstić information content (AvgIpc) is 2.75. The van der Waals surface area contributed by atoms with Gasteiger partial charge in [-0.3, -0.25) is 9.69 Å². The lowest BCUT2D eigenvalue weighted by Gasteiger charge is -2.52. The highest BCUT2D eigenvalue weighted by atomic mass is 16.5. The molecule has 0 aromatic heterocycles. The zero-order valence-corrected chi connectivity index (χ0v) is 16.5. The summed E-state index contributed by atoms with van der Waals surface area (Å²) < 4.78 is 21.0. The number of β-lactam (4-membered cyclic amide) rings is 1. The van der Waals surface area contributed by atoms with E-state index in [0.717, 1.165) is 0 Å². The van der Waals surface area contributed by atoms with Crippen LogP contribution in [0.3, 0.4) is 0 Å². The van der Waals surface area contributed by atoms with Crippen LogP contribution in [0.15, 0.2) is 30.3 Å². The number of amides is 1. The molecule has 9 nitrogen and oxygen atoms in total. The number of phenolic OH excluding ortho intramolecular Hbond substituents is 1. The van der Waals surface area contributed by atoms with Gasteiger partial charge in [-0.1, -0.05) is 6.07 Å². The van der Waals surface area contributed by atoms with E-state index in [1.165, 1.54) is 45.5 Å². The third-order valence-electron chi connectivity index (χ3n) is 4.99. The van der Waals surface area contributed by atoms with Crippen LogP contribution in [0, 0.1) is 0 Å². The SMILES string of the molecule is COc1ccc([C@@H]2N(c3cc(OC)c(OC)c(OC)c3)C(=O)[C@]2(O)CO)cc1O. The van der Waals surface area contributed by atoms with Crippen LogP contribution < -0.4 is 23.8 Å². The zero-order chi connectivity index (χ0) is 21.3. The molecule has 1 heterocycles. The Labute approximate surface area is 167 Å². The number of rotatable bonds is 7. The number of hydrogen-bond acceptors (Lipinski definition) is 8. The second-order valence-electron chi connectivity index (χ2n) is 6.47. The van der Waals surface area contributed by atoms with Crippen molar-refractivity contribution in [3.05, 3.63) is 35.9 Å². The average molecular weight is 405 g/mol. The lowest BCUT2D eigenvalue weighted by atomic mass is 9.78. The summed E-state index contributed by atoms with van der Waals surface area (Å²) in [6.45, 7) is -0.787. The van der Waals surface area contributed by atoms with Gasteiger partial charge in [-0.15, -0.1) is 0 Å². The van der Waals surface area contributed by atoms with E-state index in [1.807, 2.05) is 0 Å². The molecule has 0 aliphatic carbocycles. The highest BCUT2D eigenvalue weighted by Crippen LogP contribution is 2.50. The minimum Gasteiger partial charge on any atom is -0.504 e. The Balaban J connectivity index is 2.13. The van der Waals surface area contributed by atoms with Crippen LogP contribution in [0.5, 0.6) is 28.7 Å². The van der Waals surface area contributed by atoms with E-state index < -0.39 is 24.2 Å². The molecule has 0 unspecified atom stereocenters. The quantitative estimate of drug-likeness (QED) is 0.589. The number of carbonyl (C=O) groups is 1. The predicted molar refractivity (Wildman–Crippen MR) is 103 cm³/mol. The van der Waals surface area contributed by atoms with Gasteiger partial charge in [0.2, 0.25) is 5.75 Å². The van der Waals surface area contributed by atoms with Crippen LogP contribution in [0.1, 0.15) is 11.6 Å². The molecular weight excluding hydrogens is 382 g/mol. The second-order valence-corrected chi connectivity index (χ2v) is 6.47. The molecule has 1 saturated heterocycles. The summed E-state index contributed by atoms with van der Waals surface area (Å²) in [6.07, 6.45) is 0. The number of benzene rings is 2. The van der Waals surface area contributed by atoms with E-state index >= 15 is 0 Å². The van der Waals surface area contributed by atoms with Gasteiger partial charge in [-0.05, 0) is 17.7 Å². The molecule has 29 heavy (non-hydrogen) atoms. The molecule has 0 radical (unpaired) electrons. The topological polar surface area (TPSA) is 118 Å². The molecule has 2 atom stereocenters. The number of phenols is 1. The van der Waals surface area contributed by atoms with Crippen molar-refractivity contribution in [3.8, 4) is 28.7 Å². The summed E-state index contributed by atoms with van der Waals surface area (Å²) in [5.74, 6) is 0.383. The first-order valence-electron chi connectivity index (χ1n) is 8.70. The van der Waals surface area contributed by atoms with Crippen molar-refractivity contribution < 1.29 is 39.1 Å². The number of aromatic hydroxyl groups is 1. The minimum absolute atomic E-state index is 0.158. The maximum atomic E-state index is 12.8. The Morgan fingerprint density at radius 1 is 0.966 bits per heavy atom. The Hall–Kier alpha value is -3.17. The highest BCUT2D eigenvalue weighted by Gasteiger charge is 2.61. The maximum absolute atomic E-state index is 12.8. The fourth-order valence-electron chi connectivity index (χ4n) is 3.52. The number of anilines is 1. The first kappa shape index (κ1) is 20.6. The monoisotopic (exact) mass is 405 g/mol. The van der Waals surface area contributed by atoms with Crippen molar-refractivity contribution in [2.24, 2.45) is 0 Å². The van der Waals surface area contributed by atoms with Crippen LogP contribution in [-0.2, 0) is 4.79 Å². The van der Waals surface area contributed by atoms with Gasteiger partial charge in [0.15, 0.2) is 28.6 Å². The van der Waals surface area contributed by atoms with Crippen LogP contribution in [0.25, 0.3) is 0 Å². The highest BCUT2D eigenvalue weighted by molar-refractivity contribution is 6.08. The Morgan fingerprint density at radius 3 is 2.00 bits per heavy atom. The third kappa shape index (κ3) is 3.08. The van der Waals surface area contributed by atoms with Gasteiger partial charge in [0.05, 0.1) is 40.7 Å². The number of aliphatic hydroxyl groups excluding tert-OH is 1. The molecule has 2 aromatic carbocycles. The second kappa shape index (κ2) is 7.69. The van der Waals surface area contributed by atoms with Crippen molar-refractivity contribution >= 4 is 11.6 Å². The molecule has 1 amide bonds. The number of hydrogen-bond donors (Lipinski definition) is 3. The Morgan fingerprint density at radius 2 is 1.55 bits per heavy atom. The molecule has 3 N–H and O–H groups in total. The van der Waals surface area contributed by atoms with Gasteiger partial charge in [-0.2, -0.15) is 0 Å². The van der Waals surface area contributed by atoms with E-state index in [-0.39, 0.29) is 11.5 Å². The summed E-state index contributed by atoms with van der Waals surface area (Å²) in [7, 11) is 5.76. The van der Waals surface area contributed by atoms with Gasteiger partial charge in [-0.25, -0.2) is 0 Å². The van der Waals surface area contributed by atoms with Gasteiger partial charge >= 0.3 is 0 Å². The molecule has 1 fully saturated rings. The summed E-state index contributed by atoms with van der Waals surface area (Å²) in [5, 5.41) is 30.6. The number of aliphatic hydroxyl groups is 2. The fourth-order valence-corrected chi connectivity index (χ4v) is 3.52. The molecule has 9 heteroatoms. The van der Waals surface area contributed by atoms with Crippen LogP contribution in [0.4, 0.5) is 5.69 Å². The summed E-state index contributed by atoms with van der Waals surface area (Å²) in [4.78, 5) is 14.1. The first-order valence-corrected chi connectivity index (χ1v) is 8.70. The van der Waals surface area contributed by atoms with E-state index in [2.05, 4.69) is 0 Å². The third-order valence-corrected chi connectivity index (χ3v) is 4.99. The van der Waals surface area contributed by atoms with Crippen LogP contribution in [-0.4, -0.2) is 61.9 Å². The normalized spacial score (nSPS) is 20.8. The van der Waals surface area contributed by atoms with E-state index in [9.17, 15) is 20.1 Å². The molecule has 0 spiro atoms. The lowest BCUT2D eigenvalue weighted by Crippen LogP contribution is -2.70. The molecule has 0 saturated carbocycles. The van der Waals surface area contributed by atoms with Crippen molar-refractivity contribution in [1.29, 1.82) is 0 Å². The Bertz CT molecular complexity index is 906. The van der Waals surface area contributed by atoms with Gasteiger partial charge in [0.25, 0.3) is 5.91 Å². The van der Waals surface area contributed by atoms with Crippen molar-refractivity contribution in [2.75, 3.05) is 39.9 Å². The fraction of sp³-hybridized carbons (Fsp3) is 0.350. The first-order chi connectivity index (χ1) is 13.9. The minimum atomic E-state index is -2.04. The number of methoxy groups -OCH3 is 4. The maximum Gasteiger partial charge on any atom is 0.264 e. The predicted octanol–water partition coefficient (Wildman–Crippen LogP) is 1.24. The molecule has 156 valence electrons. The van der Waals surface area contributed by atoms with Gasteiger partial charge < -0.3 is 34.3 Å². The van der Waals surface area contributed by atoms with E-state index in [4.69, 9.17) is 18.9 Å². The largest absolute Gasteiger partial charge is 0.504 e. The zero-order valence-electron chi connectivity index (χ0n) is 16.5. The summed E-state index contributed by atoms with van der Waals surface area (Å²) in [5.41, 5.74) is -1.27. The van der Waals surface area contributed by atoms with Crippen molar-refractivity contribution in [3.63, 3.8) is 0 Å². The number of nitrogens with zero attached hydrogens (tertiary/aromatic N) is 1. The van der Waals surface area contributed by atoms with Crippen molar-refractivity contribution in [1.82, 2.24) is 0 Å². The molecule has 0 bridgehead atoms. The molecule has 2 aromatic rings. The summed E-state index contributed by atoms with van der Waals surface area (Å²) >= 11 is 0. The van der Waals surface area contributed by atoms with Crippen LogP contribution >= 0.6 is 0 Å². The molecule has 1 aliphatic heterocycles. The van der Waals surface area contributed by atoms with E-state index in [1.54, 1.807) is 18.2 Å². The number of ether oxygens (including phenoxy) is 4. The van der Waals surface area contributed by atoms with Crippen LogP contribution in [0.2, 0.25) is 0 Å². The lowest BCUT2D eigenvalue weighted by molar-refractivity contribution is -0.160. The van der Waals surface area contributed by atoms with E-state index in [0.29, 0.717) is 28.5 Å². The summed E-state index contributed by atoms with van der Waals surface area (Å²) in [6, 6.07) is 6.65. The molecular formula is C20H23NO8. The standard InChI is InChI=1S/C20H23NO8/c1-26-14-6-5-11(7-13(14)23)18-20(25,10-22)19(24)21(18)12-8-15(27-2)17(29-4)16(9-12)28-3/h5-9,18,22-23,25H,10H2,1-4H3/t18-,20-/m0/s1. The van der Waals surface area contributed by atoms with Gasteiger partial charge in [0, 0.05) is 12.1 Å². The molecule has 1 aliphatic rings.